The number of benzene rings is 2. The van der Waals surface area contributed by atoms with Gasteiger partial charge < -0.3 is 14.8 Å². The van der Waals surface area contributed by atoms with Gasteiger partial charge in [0.2, 0.25) is 0 Å². The fourth-order valence-corrected chi connectivity index (χ4v) is 3.26. The molecule has 7 nitrogen and oxygen atoms in total. The molecule has 0 bridgehead atoms. The number of carbonyl (C=O) groups is 1. The first-order valence-electron chi connectivity index (χ1n) is 10.9. The molecule has 1 unspecified atom stereocenters. The predicted octanol–water partition coefficient (Wildman–Crippen LogP) is 4.44. The highest BCUT2D eigenvalue weighted by Crippen LogP contribution is 2.30. The third-order valence-corrected chi connectivity index (χ3v) is 5.14. The first-order chi connectivity index (χ1) is 15.9. The van der Waals surface area contributed by atoms with Crippen molar-refractivity contribution < 1.29 is 18.7 Å². The summed E-state index contributed by atoms with van der Waals surface area (Å²) in [6.45, 7) is 4.59. The van der Waals surface area contributed by atoms with Crippen LogP contribution in [0.2, 0.25) is 0 Å². The van der Waals surface area contributed by atoms with Gasteiger partial charge in [0.05, 0.1) is 25.4 Å². The minimum absolute atomic E-state index is 0.0635. The molecule has 1 heterocycles. The van der Waals surface area contributed by atoms with Crippen LogP contribution in [-0.4, -0.2) is 29.4 Å². The molecule has 1 amide bonds. The maximum atomic E-state index is 13.2. The zero-order valence-electron chi connectivity index (χ0n) is 19.0. The van der Waals surface area contributed by atoms with Crippen molar-refractivity contribution in [2.24, 2.45) is 0 Å². The highest BCUT2D eigenvalue weighted by Gasteiger charge is 2.16. The van der Waals surface area contributed by atoms with E-state index in [1.807, 2.05) is 25.1 Å². The van der Waals surface area contributed by atoms with Crippen molar-refractivity contribution in [3.8, 4) is 17.2 Å². The molecule has 8 heteroatoms. The van der Waals surface area contributed by atoms with Gasteiger partial charge in [-0.15, -0.1) is 0 Å². The van der Waals surface area contributed by atoms with Crippen LogP contribution in [0.1, 0.15) is 55.2 Å². The molecule has 3 rings (SSSR count). The third-order valence-electron chi connectivity index (χ3n) is 5.14. The van der Waals surface area contributed by atoms with Crippen LogP contribution in [0, 0.1) is 5.82 Å². The van der Waals surface area contributed by atoms with Crippen molar-refractivity contribution in [2.75, 3.05) is 13.7 Å². The van der Waals surface area contributed by atoms with Gasteiger partial charge in [0, 0.05) is 6.07 Å². The smallest absolute Gasteiger partial charge is 0.272 e. The molecule has 1 aromatic heterocycles. The van der Waals surface area contributed by atoms with Gasteiger partial charge >= 0.3 is 0 Å². The van der Waals surface area contributed by atoms with E-state index in [9.17, 15) is 14.0 Å². The van der Waals surface area contributed by atoms with E-state index >= 15 is 0 Å². The molecule has 3 aromatic rings. The van der Waals surface area contributed by atoms with E-state index in [4.69, 9.17) is 9.47 Å². The number of rotatable bonds is 10. The first kappa shape index (κ1) is 24.0. The van der Waals surface area contributed by atoms with Crippen LogP contribution in [0.25, 0.3) is 5.69 Å². The topological polar surface area (TPSA) is 82.5 Å². The van der Waals surface area contributed by atoms with E-state index in [1.165, 1.54) is 36.4 Å². The average Bonchev–Trinajstić information content (AvgIpc) is 2.82. The summed E-state index contributed by atoms with van der Waals surface area (Å²) in [6.07, 6.45) is 3.19. The summed E-state index contributed by atoms with van der Waals surface area (Å²) in [6, 6.07) is 13.1. The van der Waals surface area contributed by atoms with Gasteiger partial charge in [-0.2, -0.15) is 9.78 Å². The Morgan fingerprint density at radius 2 is 1.85 bits per heavy atom. The zero-order chi connectivity index (χ0) is 23.8. The molecular weight excluding hydrogens is 425 g/mol. The molecule has 0 aliphatic heterocycles. The molecule has 2 aromatic carbocycles. The van der Waals surface area contributed by atoms with E-state index in [2.05, 4.69) is 17.3 Å². The molecule has 174 valence electrons. The van der Waals surface area contributed by atoms with Crippen LogP contribution >= 0.6 is 0 Å². The Labute approximate surface area is 192 Å². The fourth-order valence-electron chi connectivity index (χ4n) is 3.26. The van der Waals surface area contributed by atoms with Gasteiger partial charge in [0.15, 0.2) is 11.5 Å². The quantitative estimate of drug-likeness (QED) is 0.459. The maximum absolute atomic E-state index is 13.2. The third kappa shape index (κ3) is 6.19. The number of hydrogen-bond acceptors (Lipinski definition) is 5. The van der Waals surface area contributed by atoms with E-state index in [-0.39, 0.29) is 11.7 Å². The van der Waals surface area contributed by atoms with Gasteiger partial charge in [0.25, 0.3) is 11.5 Å². The standard InChI is InChI=1S/C25H28FN3O4/c1-4-5-6-15-33-22-13-7-18(16-23(22)32-3)17(2)27-25(31)21-12-14-24(30)29(28-21)20-10-8-19(26)9-11-20/h7-14,16-17H,4-6,15H2,1-3H3,(H,27,31). The van der Waals surface area contributed by atoms with Crippen LogP contribution in [-0.2, 0) is 0 Å². The Balaban J connectivity index is 1.73. The number of ether oxygens (including phenoxy) is 2. The lowest BCUT2D eigenvalue weighted by molar-refractivity contribution is 0.0933. The SMILES string of the molecule is CCCCCOc1ccc(C(C)NC(=O)c2ccc(=O)n(-c3ccc(F)cc3)n2)cc1OC. The summed E-state index contributed by atoms with van der Waals surface area (Å²) < 4.78 is 25.5. The van der Waals surface area contributed by atoms with Gasteiger partial charge in [-0.05, 0) is 61.4 Å². The number of methoxy groups -OCH3 is 1. The van der Waals surface area contributed by atoms with Crippen molar-refractivity contribution in [1.29, 1.82) is 0 Å². The molecule has 0 aliphatic rings. The molecule has 0 spiro atoms. The lowest BCUT2D eigenvalue weighted by Crippen LogP contribution is -2.30. The fraction of sp³-hybridized carbons (Fsp3) is 0.320. The summed E-state index contributed by atoms with van der Waals surface area (Å²) in [4.78, 5) is 25.0. The van der Waals surface area contributed by atoms with Crippen LogP contribution in [0.3, 0.4) is 0 Å². The summed E-state index contributed by atoms with van der Waals surface area (Å²) in [7, 11) is 1.57. The number of unbranched alkanes of at least 4 members (excludes halogenated alkanes) is 2. The summed E-state index contributed by atoms with van der Waals surface area (Å²) >= 11 is 0. The lowest BCUT2D eigenvalue weighted by Gasteiger charge is -2.17. The van der Waals surface area contributed by atoms with Gasteiger partial charge in [-0.3, -0.25) is 9.59 Å². The molecule has 0 saturated heterocycles. The van der Waals surface area contributed by atoms with Crippen molar-refractivity contribution in [3.63, 3.8) is 0 Å². The zero-order valence-corrected chi connectivity index (χ0v) is 19.0. The highest BCUT2D eigenvalue weighted by molar-refractivity contribution is 5.92. The maximum Gasteiger partial charge on any atom is 0.272 e. The molecule has 0 radical (unpaired) electrons. The Morgan fingerprint density at radius 3 is 2.55 bits per heavy atom. The lowest BCUT2D eigenvalue weighted by atomic mass is 10.1. The van der Waals surface area contributed by atoms with Crippen LogP contribution < -0.4 is 20.3 Å². The minimum Gasteiger partial charge on any atom is -0.493 e. The van der Waals surface area contributed by atoms with Crippen molar-refractivity contribution in [1.82, 2.24) is 15.1 Å². The second-order valence-electron chi connectivity index (χ2n) is 7.61. The first-order valence-corrected chi connectivity index (χ1v) is 10.9. The van der Waals surface area contributed by atoms with Gasteiger partial charge in [0.1, 0.15) is 11.5 Å². The Hall–Kier alpha value is -3.68. The Morgan fingerprint density at radius 1 is 1.09 bits per heavy atom. The monoisotopic (exact) mass is 453 g/mol. The van der Waals surface area contributed by atoms with E-state index in [1.54, 1.807) is 7.11 Å². The largest absolute Gasteiger partial charge is 0.493 e. The van der Waals surface area contributed by atoms with E-state index in [0.29, 0.717) is 23.8 Å². The average molecular weight is 454 g/mol. The normalized spacial score (nSPS) is 11.6. The molecule has 0 saturated carbocycles. The second-order valence-corrected chi connectivity index (χ2v) is 7.61. The molecule has 0 aliphatic carbocycles. The van der Waals surface area contributed by atoms with Crippen LogP contribution in [0.15, 0.2) is 59.4 Å². The van der Waals surface area contributed by atoms with Crippen LogP contribution in [0.4, 0.5) is 4.39 Å². The molecule has 1 N–H and O–H groups in total. The number of hydrogen-bond donors (Lipinski definition) is 1. The van der Waals surface area contributed by atoms with Crippen molar-refractivity contribution >= 4 is 5.91 Å². The predicted molar refractivity (Wildman–Crippen MR) is 124 cm³/mol. The number of nitrogens with one attached hydrogen (secondary N) is 1. The number of aromatic nitrogens is 2. The number of nitrogens with zero attached hydrogens (tertiary/aromatic N) is 2. The summed E-state index contributed by atoms with van der Waals surface area (Å²) in [5.41, 5.74) is 0.829. The highest BCUT2D eigenvalue weighted by atomic mass is 19.1. The number of carbonyl (C=O) groups excluding carboxylic acids is 1. The number of halogens is 1. The molecule has 1 atom stereocenters. The van der Waals surface area contributed by atoms with Gasteiger partial charge in [-0.25, -0.2) is 4.39 Å². The van der Waals surface area contributed by atoms with Crippen LogP contribution in [0.5, 0.6) is 11.5 Å². The molecule has 0 fully saturated rings. The molecular formula is C25H28FN3O4. The molecule has 33 heavy (non-hydrogen) atoms. The summed E-state index contributed by atoms with van der Waals surface area (Å²) in [5, 5.41) is 7.02. The summed E-state index contributed by atoms with van der Waals surface area (Å²) in [5.74, 6) is 0.372. The van der Waals surface area contributed by atoms with Gasteiger partial charge in [-0.1, -0.05) is 25.8 Å². The Kier molecular flexibility index (Phi) is 8.18. The van der Waals surface area contributed by atoms with Crippen molar-refractivity contribution in [2.45, 2.75) is 39.2 Å². The Bertz CT molecular complexity index is 1150. The number of amides is 1. The van der Waals surface area contributed by atoms with Crippen molar-refractivity contribution in [3.05, 3.63) is 82.0 Å². The second kappa shape index (κ2) is 11.3. The van der Waals surface area contributed by atoms with E-state index in [0.717, 1.165) is 29.5 Å². The minimum atomic E-state index is -0.447. The van der Waals surface area contributed by atoms with E-state index < -0.39 is 17.3 Å².